The Bertz CT molecular complexity index is 1210. The van der Waals surface area contributed by atoms with Gasteiger partial charge in [-0.1, -0.05) is 49.4 Å². The van der Waals surface area contributed by atoms with Gasteiger partial charge in [-0.25, -0.2) is 9.96 Å². The van der Waals surface area contributed by atoms with Crippen LogP contribution < -0.4 is 9.96 Å². The molecule has 0 bridgehead atoms. The second kappa shape index (κ2) is 8.14. The number of para-hydroxylation sites is 1. The molecule has 0 saturated carbocycles. The van der Waals surface area contributed by atoms with Crippen LogP contribution in [0.25, 0.3) is 0 Å². The van der Waals surface area contributed by atoms with Gasteiger partial charge in [-0.05, 0) is 41.8 Å². The number of amides is 2. The van der Waals surface area contributed by atoms with Gasteiger partial charge >= 0.3 is 0 Å². The Morgan fingerprint density at radius 1 is 0.879 bits per heavy atom. The number of nitro benzene ring substituents is 1. The van der Waals surface area contributed by atoms with E-state index in [0.29, 0.717) is 5.69 Å². The lowest BCUT2D eigenvalue weighted by molar-refractivity contribution is -0.384. The maximum atomic E-state index is 13.6. The predicted molar refractivity (Wildman–Crippen MR) is 121 cm³/mol. The third kappa shape index (κ3) is 3.44. The molecule has 33 heavy (non-hydrogen) atoms. The lowest BCUT2D eigenvalue weighted by Crippen LogP contribution is -2.37. The van der Waals surface area contributed by atoms with Crippen LogP contribution in [0.15, 0.2) is 78.9 Å². The topological polar surface area (TPSA) is 93.0 Å². The van der Waals surface area contributed by atoms with Crippen molar-refractivity contribution in [1.29, 1.82) is 0 Å². The summed E-state index contributed by atoms with van der Waals surface area (Å²) in [6.45, 7) is 2.07. The van der Waals surface area contributed by atoms with Gasteiger partial charge in [-0.2, -0.15) is 0 Å². The van der Waals surface area contributed by atoms with Gasteiger partial charge in [-0.15, -0.1) is 0 Å². The van der Waals surface area contributed by atoms with E-state index in [1.807, 2.05) is 54.6 Å². The number of hydrogen-bond acceptors (Lipinski definition) is 6. The molecule has 0 spiro atoms. The number of imide groups is 1. The number of non-ortho nitro benzene ring substituents is 1. The first-order valence-electron chi connectivity index (χ1n) is 10.7. The van der Waals surface area contributed by atoms with Gasteiger partial charge in [0.25, 0.3) is 11.6 Å². The molecule has 3 aromatic carbocycles. The number of hydroxylamine groups is 1. The molecule has 0 N–H and O–H groups in total. The Balaban J connectivity index is 1.54. The largest absolute Gasteiger partial charge is 0.273 e. The Labute approximate surface area is 190 Å². The van der Waals surface area contributed by atoms with Crippen molar-refractivity contribution in [3.05, 3.63) is 100 Å². The van der Waals surface area contributed by atoms with Crippen LogP contribution in [-0.2, 0) is 20.8 Å². The summed E-state index contributed by atoms with van der Waals surface area (Å²) in [5.41, 5.74) is 2.97. The summed E-state index contributed by atoms with van der Waals surface area (Å²) < 4.78 is 0. The zero-order chi connectivity index (χ0) is 23.1. The minimum Gasteiger partial charge on any atom is -0.273 e. The molecule has 0 aromatic heterocycles. The molecule has 8 heteroatoms. The number of nitro groups is 1. The second-order valence-electron chi connectivity index (χ2n) is 8.04. The van der Waals surface area contributed by atoms with Crippen molar-refractivity contribution in [3.8, 4) is 0 Å². The SMILES string of the molecule is CCc1ccc([C@@H]2[C@H]3C(=O)N(c4ccc([N+](=O)[O-])cc4)C(=O)[C@@H]3ON2c2ccccc2)cc1. The Morgan fingerprint density at radius 2 is 1.55 bits per heavy atom. The van der Waals surface area contributed by atoms with E-state index < -0.39 is 28.9 Å². The van der Waals surface area contributed by atoms with Crippen LogP contribution in [0, 0.1) is 16.0 Å². The highest BCUT2D eigenvalue weighted by molar-refractivity contribution is 6.23. The molecule has 2 amide bonds. The quantitative estimate of drug-likeness (QED) is 0.333. The van der Waals surface area contributed by atoms with Crippen LogP contribution in [-0.4, -0.2) is 22.8 Å². The molecule has 3 aromatic rings. The van der Waals surface area contributed by atoms with Gasteiger partial charge in [0.05, 0.1) is 22.3 Å². The van der Waals surface area contributed by atoms with E-state index in [9.17, 15) is 19.7 Å². The Morgan fingerprint density at radius 3 is 2.15 bits per heavy atom. The summed E-state index contributed by atoms with van der Waals surface area (Å²) in [6.07, 6.45) is -0.0925. The summed E-state index contributed by atoms with van der Waals surface area (Å²) in [5, 5.41) is 12.6. The molecular formula is C25H21N3O5. The number of carbonyl (C=O) groups excluding carboxylic acids is 2. The number of carbonyl (C=O) groups is 2. The van der Waals surface area contributed by atoms with E-state index in [1.54, 1.807) is 5.06 Å². The van der Waals surface area contributed by atoms with Crippen molar-refractivity contribution >= 4 is 28.9 Å². The molecule has 166 valence electrons. The van der Waals surface area contributed by atoms with Crippen molar-refractivity contribution in [2.75, 3.05) is 9.96 Å². The van der Waals surface area contributed by atoms with Crippen molar-refractivity contribution < 1.29 is 19.3 Å². The van der Waals surface area contributed by atoms with Gasteiger partial charge in [0.15, 0.2) is 6.10 Å². The zero-order valence-corrected chi connectivity index (χ0v) is 17.8. The zero-order valence-electron chi connectivity index (χ0n) is 17.8. The van der Waals surface area contributed by atoms with E-state index in [4.69, 9.17) is 4.84 Å². The molecule has 2 fully saturated rings. The molecule has 5 rings (SSSR count). The Hall–Kier alpha value is -4.04. The van der Waals surface area contributed by atoms with Crippen molar-refractivity contribution in [2.24, 2.45) is 5.92 Å². The van der Waals surface area contributed by atoms with Crippen molar-refractivity contribution in [1.82, 2.24) is 0 Å². The summed E-state index contributed by atoms with van der Waals surface area (Å²) >= 11 is 0. The highest BCUT2D eigenvalue weighted by Gasteiger charge is 2.60. The highest BCUT2D eigenvalue weighted by atomic mass is 16.7. The van der Waals surface area contributed by atoms with Crippen LogP contribution in [0.2, 0.25) is 0 Å². The first kappa shape index (κ1) is 20.8. The lowest BCUT2D eigenvalue weighted by Gasteiger charge is -2.28. The normalized spacial score (nSPS) is 22.0. The number of hydrogen-bond donors (Lipinski definition) is 0. The van der Waals surface area contributed by atoms with Crippen LogP contribution in [0.4, 0.5) is 17.1 Å². The number of fused-ring (bicyclic) bond motifs is 1. The average Bonchev–Trinajstić information content (AvgIpc) is 3.35. The van der Waals surface area contributed by atoms with E-state index in [2.05, 4.69) is 6.92 Å². The molecular weight excluding hydrogens is 422 g/mol. The smallest absolute Gasteiger partial charge is 0.269 e. The maximum absolute atomic E-state index is 13.6. The van der Waals surface area contributed by atoms with Gasteiger partial charge in [0.2, 0.25) is 5.91 Å². The molecule has 8 nitrogen and oxygen atoms in total. The van der Waals surface area contributed by atoms with Gasteiger partial charge in [0.1, 0.15) is 5.92 Å². The fourth-order valence-electron chi connectivity index (χ4n) is 4.48. The van der Waals surface area contributed by atoms with Crippen LogP contribution in [0.3, 0.4) is 0 Å². The third-order valence-electron chi connectivity index (χ3n) is 6.17. The highest BCUT2D eigenvalue weighted by Crippen LogP contribution is 2.47. The number of rotatable bonds is 5. The fraction of sp³-hybridized carbons (Fsp3) is 0.200. The third-order valence-corrected chi connectivity index (χ3v) is 6.17. The molecule has 2 aliphatic rings. The van der Waals surface area contributed by atoms with E-state index >= 15 is 0 Å². The van der Waals surface area contributed by atoms with Gasteiger partial charge < -0.3 is 0 Å². The number of benzene rings is 3. The lowest BCUT2D eigenvalue weighted by atomic mass is 9.90. The van der Waals surface area contributed by atoms with E-state index in [-0.39, 0.29) is 11.6 Å². The molecule has 0 unspecified atom stereocenters. The van der Waals surface area contributed by atoms with Crippen LogP contribution in [0.5, 0.6) is 0 Å². The summed E-state index contributed by atoms with van der Waals surface area (Å²) in [5.74, 6) is -1.62. The standard InChI is InChI=1S/C25H21N3O5/c1-2-16-8-10-17(11-9-16)22-21-23(33-27(22)19-6-4-3-5-7-19)25(30)26(24(21)29)18-12-14-20(15-13-18)28(31)32/h3-15,21-23H,2H2,1H3/t21-,22-,23-/m1/s1. The molecule has 2 saturated heterocycles. The van der Waals surface area contributed by atoms with E-state index in [0.717, 1.165) is 22.6 Å². The minimum atomic E-state index is -0.983. The Kier molecular flexibility index (Phi) is 5.14. The van der Waals surface area contributed by atoms with Crippen molar-refractivity contribution in [2.45, 2.75) is 25.5 Å². The predicted octanol–water partition coefficient (Wildman–Crippen LogP) is 4.21. The van der Waals surface area contributed by atoms with Gasteiger partial charge in [0, 0.05) is 12.1 Å². The number of nitrogens with zero attached hydrogens (tertiary/aromatic N) is 3. The minimum absolute atomic E-state index is 0.113. The average molecular weight is 443 g/mol. The summed E-state index contributed by atoms with van der Waals surface area (Å²) in [7, 11) is 0. The number of anilines is 2. The van der Waals surface area contributed by atoms with Crippen LogP contribution in [0.1, 0.15) is 24.1 Å². The van der Waals surface area contributed by atoms with Gasteiger partial charge in [-0.3, -0.25) is 24.5 Å². The summed E-state index contributed by atoms with van der Waals surface area (Å²) in [4.78, 5) is 44.5. The first-order chi connectivity index (χ1) is 16.0. The monoisotopic (exact) mass is 443 g/mol. The first-order valence-corrected chi connectivity index (χ1v) is 10.7. The molecule has 0 aliphatic carbocycles. The molecule has 2 heterocycles. The second-order valence-corrected chi connectivity index (χ2v) is 8.04. The fourth-order valence-corrected chi connectivity index (χ4v) is 4.48. The van der Waals surface area contributed by atoms with Crippen LogP contribution >= 0.6 is 0 Å². The van der Waals surface area contributed by atoms with Crippen molar-refractivity contribution in [3.63, 3.8) is 0 Å². The molecule has 0 radical (unpaired) electrons. The molecule has 2 aliphatic heterocycles. The summed E-state index contributed by atoms with van der Waals surface area (Å²) in [6, 6.07) is 22.2. The molecule has 3 atom stereocenters. The number of aryl methyl sites for hydroxylation is 1. The van der Waals surface area contributed by atoms with E-state index in [1.165, 1.54) is 29.8 Å². The maximum Gasteiger partial charge on any atom is 0.269 e.